The van der Waals surface area contributed by atoms with E-state index in [1.165, 1.54) is 17.7 Å². The zero-order valence-corrected chi connectivity index (χ0v) is 14.8. The molecule has 0 amide bonds. The van der Waals surface area contributed by atoms with Crippen molar-refractivity contribution in [3.8, 4) is 5.75 Å². The first kappa shape index (κ1) is 18.4. The molecule has 0 fully saturated rings. The number of nitrogens with one attached hydrogen (secondary N) is 1. The van der Waals surface area contributed by atoms with Crippen molar-refractivity contribution in [2.75, 3.05) is 6.54 Å². The molecule has 2 aromatic rings. The number of nitrogens with two attached hydrogens (primary N) is 1. The zero-order chi connectivity index (χ0) is 17.6. The van der Waals surface area contributed by atoms with Gasteiger partial charge in [0.1, 0.15) is 5.75 Å². The number of hydrogen-bond donors (Lipinski definition) is 2. The summed E-state index contributed by atoms with van der Waals surface area (Å²) in [6, 6.07) is 14.7. The number of rotatable bonds is 8. The maximum atomic E-state index is 11.2. The predicted octanol–water partition coefficient (Wildman–Crippen LogP) is 2.45. The van der Waals surface area contributed by atoms with Gasteiger partial charge in [-0.05, 0) is 62.2 Å². The van der Waals surface area contributed by atoms with E-state index in [1.54, 1.807) is 12.1 Å². The van der Waals surface area contributed by atoms with Crippen LogP contribution in [0.15, 0.2) is 53.4 Å². The number of benzene rings is 2. The van der Waals surface area contributed by atoms with Gasteiger partial charge in [0.05, 0.1) is 11.0 Å². The van der Waals surface area contributed by atoms with Crippen LogP contribution < -0.4 is 15.2 Å². The molecule has 3 N–H and O–H groups in total. The standard InChI is InChI=1S/C18H24N2O3S/c1-14(2)23-17-7-3-16(4-8-17)13-20-12-11-15-5-9-18(10-6-15)24(19,21)22/h3-10,14,20H,11-13H2,1-2H3,(H2,19,21,22). The van der Waals surface area contributed by atoms with Gasteiger partial charge in [0.25, 0.3) is 0 Å². The van der Waals surface area contributed by atoms with Gasteiger partial charge in [-0.2, -0.15) is 0 Å². The molecule has 0 saturated heterocycles. The summed E-state index contributed by atoms with van der Waals surface area (Å²) in [7, 11) is -3.62. The second-order valence-corrected chi connectivity index (χ2v) is 7.49. The molecule has 6 heteroatoms. The lowest BCUT2D eigenvalue weighted by Crippen LogP contribution is -2.17. The Morgan fingerprint density at radius 2 is 1.58 bits per heavy atom. The second-order valence-electron chi connectivity index (χ2n) is 5.93. The van der Waals surface area contributed by atoms with Gasteiger partial charge in [-0.3, -0.25) is 0 Å². The van der Waals surface area contributed by atoms with Crippen molar-refractivity contribution < 1.29 is 13.2 Å². The number of primary sulfonamides is 1. The molecule has 24 heavy (non-hydrogen) atoms. The van der Waals surface area contributed by atoms with Crippen LogP contribution in [-0.4, -0.2) is 21.1 Å². The fraction of sp³-hybridized carbons (Fsp3) is 0.333. The largest absolute Gasteiger partial charge is 0.491 e. The molecular formula is C18H24N2O3S. The van der Waals surface area contributed by atoms with Crippen LogP contribution in [0.2, 0.25) is 0 Å². The van der Waals surface area contributed by atoms with E-state index in [-0.39, 0.29) is 11.0 Å². The Hall–Kier alpha value is -1.89. The number of sulfonamides is 1. The topological polar surface area (TPSA) is 81.4 Å². The lowest BCUT2D eigenvalue weighted by molar-refractivity contribution is 0.242. The van der Waals surface area contributed by atoms with E-state index in [2.05, 4.69) is 5.32 Å². The molecule has 0 aliphatic rings. The summed E-state index contributed by atoms with van der Waals surface area (Å²) >= 11 is 0. The molecule has 0 atom stereocenters. The van der Waals surface area contributed by atoms with Gasteiger partial charge in [-0.15, -0.1) is 0 Å². The Bertz CT molecular complexity index is 739. The van der Waals surface area contributed by atoms with E-state index < -0.39 is 10.0 Å². The highest BCUT2D eigenvalue weighted by molar-refractivity contribution is 7.89. The fourth-order valence-electron chi connectivity index (χ4n) is 2.27. The summed E-state index contributed by atoms with van der Waals surface area (Å²) in [4.78, 5) is 0.142. The average Bonchev–Trinajstić information content (AvgIpc) is 2.52. The first-order valence-corrected chi connectivity index (χ1v) is 9.47. The molecule has 0 aliphatic heterocycles. The second kappa shape index (κ2) is 8.28. The highest BCUT2D eigenvalue weighted by Crippen LogP contribution is 2.14. The normalized spacial score (nSPS) is 11.7. The van der Waals surface area contributed by atoms with Crippen molar-refractivity contribution >= 4 is 10.0 Å². The summed E-state index contributed by atoms with van der Waals surface area (Å²) in [5, 5.41) is 8.45. The molecule has 5 nitrogen and oxygen atoms in total. The molecule has 0 radical (unpaired) electrons. The van der Waals surface area contributed by atoms with Crippen LogP contribution in [0.3, 0.4) is 0 Å². The first-order valence-electron chi connectivity index (χ1n) is 7.92. The maximum absolute atomic E-state index is 11.2. The van der Waals surface area contributed by atoms with Gasteiger partial charge in [0.2, 0.25) is 10.0 Å². The van der Waals surface area contributed by atoms with Crippen LogP contribution in [0.25, 0.3) is 0 Å². The van der Waals surface area contributed by atoms with Crippen molar-refractivity contribution in [3.63, 3.8) is 0 Å². The molecule has 0 aliphatic carbocycles. The monoisotopic (exact) mass is 348 g/mol. The smallest absolute Gasteiger partial charge is 0.238 e. The molecule has 0 aromatic heterocycles. The van der Waals surface area contributed by atoms with Crippen molar-refractivity contribution in [2.24, 2.45) is 5.14 Å². The Balaban J connectivity index is 1.76. The summed E-state index contributed by atoms with van der Waals surface area (Å²) in [5.41, 5.74) is 2.26. The van der Waals surface area contributed by atoms with Gasteiger partial charge in [-0.25, -0.2) is 13.6 Å². The summed E-state index contributed by atoms with van der Waals surface area (Å²) in [6.07, 6.45) is 0.994. The third-order valence-corrected chi connectivity index (χ3v) is 4.40. The summed E-state index contributed by atoms with van der Waals surface area (Å²) in [5.74, 6) is 0.878. The molecule has 2 rings (SSSR count). The SMILES string of the molecule is CC(C)Oc1ccc(CNCCc2ccc(S(N)(=O)=O)cc2)cc1. The van der Waals surface area contributed by atoms with Crippen LogP contribution >= 0.6 is 0 Å². The highest BCUT2D eigenvalue weighted by Gasteiger charge is 2.06. The van der Waals surface area contributed by atoms with Gasteiger partial charge in [0.15, 0.2) is 0 Å². The molecule has 0 saturated carbocycles. The third-order valence-electron chi connectivity index (χ3n) is 3.47. The van der Waals surface area contributed by atoms with Crippen LogP contribution in [-0.2, 0) is 23.0 Å². The Morgan fingerprint density at radius 3 is 2.12 bits per heavy atom. The minimum absolute atomic E-state index is 0.142. The Labute approximate surface area is 143 Å². The minimum atomic E-state index is -3.62. The summed E-state index contributed by atoms with van der Waals surface area (Å²) in [6.45, 7) is 5.59. The van der Waals surface area contributed by atoms with Gasteiger partial charge < -0.3 is 10.1 Å². The van der Waals surface area contributed by atoms with Crippen LogP contribution in [0.5, 0.6) is 5.75 Å². The summed E-state index contributed by atoms with van der Waals surface area (Å²) < 4.78 is 28.0. The Kier molecular flexibility index (Phi) is 6.36. The highest BCUT2D eigenvalue weighted by atomic mass is 32.2. The number of hydrogen-bond acceptors (Lipinski definition) is 4. The first-order chi connectivity index (χ1) is 11.3. The average molecular weight is 348 g/mol. The molecular weight excluding hydrogens is 324 g/mol. The van der Waals surface area contributed by atoms with Gasteiger partial charge >= 0.3 is 0 Å². The van der Waals surface area contributed by atoms with E-state index in [1.807, 2.05) is 38.1 Å². The fourth-order valence-corrected chi connectivity index (χ4v) is 2.78. The van der Waals surface area contributed by atoms with Gasteiger partial charge in [-0.1, -0.05) is 24.3 Å². The van der Waals surface area contributed by atoms with E-state index in [0.717, 1.165) is 30.8 Å². The van der Waals surface area contributed by atoms with Crippen molar-refractivity contribution in [2.45, 2.75) is 37.8 Å². The molecule has 2 aromatic carbocycles. The van der Waals surface area contributed by atoms with Crippen molar-refractivity contribution in [1.82, 2.24) is 5.32 Å². The number of ether oxygens (including phenoxy) is 1. The molecule has 0 spiro atoms. The lowest BCUT2D eigenvalue weighted by Gasteiger charge is -2.10. The van der Waals surface area contributed by atoms with Crippen LogP contribution in [0.4, 0.5) is 0 Å². The van der Waals surface area contributed by atoms with Crippen molar-refractivity contribution in [1.29, 1.82) is 0 Å². The van der Waals surface area contributed by atoms with E-state index in [9.17, 15) is 8.42 Å². The molecule has 130 valence electrons. The van der Waals surface area contributed by atoms with E-state index in [4.69, 9.17) is 9.88 Å². The molecule has 0 bridgehead atoms. The molecule has 0 unspecified atom stereocenters. The van der Waals surface area contributed by atoms with E-state index in [0.29, 0.717) is 0 Å². The van der Waals surface area contributed by atoms with Gasteiger partial charge in [0, 0.05) is 6.54 Å². The Morgan fingerprint density at radius 1 is 1.00 bits per heavy atom. The third kappa shape index (κ3) is 5.96. The molecule has 0 heterocycles. The van der Waals surface area contributed by atoms with E-state index >= 15 is 0 Å². The van der Waals surface area contributed by atoms with Crippen molar-refractivity contribution in [3.05, 3.63) is 59.7 Å². The predicted molar refractivity (Wildman–Crippen MR) is 95.4 cm³/mol. The minimum Gasteiger partial charge on any atom is -0.491 e. The zero-order valence-electron chi connectivity index (χ0n) is 14.0. The van der Waals surface area contributed by atoms with Crippen LogP contribution in [0, 0.1) is 0 Å². The van der Waals surface area contributed by atoms with Crippen LogP contribution in [0.1, 0.15) is 25.0 Å². The lowest BCUT2D eigenvalue weighted by atomic mass is 10.1. The quantitative estimate of drug-likeness (QED) is 0.718. The maximum Gasteiger partial charge on any atom is 0.238 e.